The van der Waals surface area contributed by atoms with Gasteiger partial charge in [-0.25, -0.2) is 0 Å². The number of hydrogen-bond donors (Lipinski definition) is 2. The second kappa shape index (κ2) is 7.78. The molecule has 0 aliphatic carbocycles. The van der Waals surface area contributed by atoms with Crippen LogP contribution in [0.25, 0.3) is 0 Å². The number of benzene rings is 1. The van der Waals surface area contributed by atoms with E-state index in [4.69, 9.17) is 5.11 Å². The molecule has 5 heteroatoms. The number of anilines is 1. The maximum Gasteiger partial charge on any atom is 0.307 e. The Bertz CT molecular complexity index is 500. The number of nitrogens with one attached hydrogen (secondary N) is 1. The molecule has 1 amide bonds. The molecule has 0 radical (unpaired) electrons. The highest BCUT2D eigenvalue weighted by Gasteiger charge is 2.20. The minimum Gasteiger partial charge on any atom is -0.481 e. The SMILES string of the molecule is Cc1ccccc1NC(=O)CN(CC(C)C(=O)O)C(C)C. The van der Waals surface area contributed by atoms with E-state index in [1.807, 2.05) is 49.9 Å². The molecule has 1 rings (SSSR count). The van der Waals surface area contributed by atoms with Crippen molar-refractivity contribution in [1.82, 2.24) is 4.90 Å². The number of carbonyl (C=O) groups excluding carboxylic acids is 1. The number of carboxylic acids is 1. The molecule has 0 aliphatic heterocycles. The molecule has 0 heterocycles. The molecular formula is C16H24N2O3. The highest BCUT2D eigenvalue weighted by Crippen LogP contribution is 2.13. The van der Waals surface area contributed by atoms with E-state index >= 15 is 0 Å². The average molecular weight is 292 g/mol. The summed E-state index contributed by atoms with van der Waals surface area (Å²) in [7, 11) is 0. The van der Waals surface area contributed by atoms with Crippen LogP contribution in [0.5, 0.6) is 0 Å². The third-order valence-electron chi connectivity index (χ3n) is 3.43. The summed E-state index contributed by atoms with van der Waals surface area (Å²) in [4.78, 5) is 24.9. The third-order valence-corrected chi connectivity index (χ3v) is 3.43. The number of carbonyl (C=O) groups is 2. The Hall–Kier alpha value is -1.88. The number of carboxylic acid groups (broad SMARTS) is 1. The number of para-hydroxylation sites is 1. The van der Waals surface area contributed by atoms with Gasteiger partial charge in [-0.3, -0.25) is 14.5 Å². The Kier molecular flexibility index (Phi) is 6.37. The van der Waals surface area contributed by atoms with Crippen LogP contribution in [0, 0.1) is 12.8 Å². The Labute approximate surface area is 126 Å². The molecule has 21 heavy (non-hydrogen) atoms. The molecule has 0 fully saturated rings. The van der Waals surface area contributed by atoms with Crippen LogP contribution < -0.4 is 5.32 Å². The van der Waals surface area contributed by atoms with Crippen molar-refractivity contribution in [1.29, 1.82) is 0 Å². The summed E-state index contributed by atoms with van der Waals surface area (Å²) >= 11 is 0. The third kappa shape index (κ3) is 5.55. The molecule has 0 saturated carbocycles. The van der Waals surface area contributed by atoms with Gasteiger partial charge in [0, 0.05) is 18.3 Å². The van der Waals surface area contributed by atoms with Crippen molar-refractivity contribution < 1.29 is 14.7 Å². The maximum atomic E-state index is 12.1. The first kappa shape index (κ1) is 17.2. The highest BCUT2D eigenvalue weighted by molar-refractivity contribution is 5.93. The zero-order valence-corrected chi connectivity index (χ0v) is 13.1. The zero-order chi connectivity index (χ0) is 16.0. The van der Waals surface area contributed by atoms with E-state index < -0.39 is 11.9 Å². The van der Waals surface area contributed by atoms with Gasteiger partial charge in [-0.15, -0.1) is 0 Å². The van der Waals surface area contributed by atoms with Crippen molar-refractivity contribution >= 4 is 17.6 Å². The van der Waals surface area contributed by atoms with Gasteiger partial charge in [0.1, 0.15) is 0 Å². The van der Waals surface area contributed by atoms with Crippen LogP contribution in [0.15, 0.2) is 24.3 Å². The van der Waals surface area contributed by atoms with Crippen LogP contribution >= 0.6 is 0 Å². The van der Waals surface area contributed by atoms with Gasteiger partial charge in [0.2, 0.25) is 5.91 Å². The van der Waals surface area contributed by atoms with Gasteiger partial charge in [0.25, 0.3) is 0 Å². The molecule has 1 aromatic carbocycles. The van der Waals surface area contributed by atoms with Gasteiger partial charge >= 0.3 is 5.97 Å². The molecule has 0 aromatic heterocycles. The largest absolute Gasteiger partial charge is 0.481 e. The average Bonchev–Trinajstić information content (AvgIpc) is 2.40. The van der Waals surface area contributed by atoms with Gasteiger partial charge in [-0.05, 0) is 32.4 Å². The molecule has 0 bridgehead atoms. The lowest BCUT2D eigenvalue weighted by atomic mass is 10.1. The first-order valence-corrected chi connectivity index (χ1v) is 7.13. The van der Waals surface area contributed by atoms with E-state index in [9.17, 15) is 9.59 Å². The molecule has 1 unspecified atom stereocenters. The summed E-state index contributed by atoms with van der Waals surface area (Å²) in [5.41, 5.74) is 1.79. The van der Waals surface area contributed by atoms with Crippen LogP contribution in [0.3, 0.4) is 0 Å². The van der Waals surface area contributed by atoms with E-state index in [2.05, 4.69) is 5.32 Å². The van der Waals surface area contributed by atoms with Gasteiger partial charge in [-0.1, -0.05) is 25.1 Å². The van der Waals surface area contributed by atoms with Crippen LogP contribution in [0.2, 0.25) is 0 Å². The zero-order valence-electron chi connectivity index (χ0n) is 13.1. The normalized spacial score (nSPS) is 12.5. The van der Waals surface area contributed by atoms with Crippen molar-refractivity contribution in [3.63, 3.8) is 0 Å². The Morgan fingerprint density at radius 1 is 1.24 bits per heavy atom. The number of amides is 1. The molecule has 0 spiro atoms. The van der Waals surface area contributed by atoms with Gasteiger partial charge in [-0.2, -0.15) is 0 Å². The van der Waals surface area contributed by atoms with Crippen molar-refractivity contribution in [2.45, 2.75) is 33.7 Å². The van der Waals surface area contributed by atoms with Gasteiger partial charge in [0.15, 0.2) is 0 Å². The smallest absolute Gasteiger partial charge is 0.307 e. The Morgan fingerprint density at radius 2 is 1.86 bits per heavy atom. The summed E-state index contributed by atoms with van der Waals surface area (Å²) in [6.45, 7) is 8.03. The minimum absolute atomic E-state index is 0.106. The predicted octanol–water partition coefficient (Wildman–Crippen LogP) is 2.36. The second-order valence-electron chi connectivity index (χ2n) is 5.63. The highest BCUT2D eigenvalue weighted by atomic mass is 16.4. The van der Waals surface area contributed by atoms with Gasteiger partial charge in [0.05, 0.1) is 12.5 Å². The van der Waals surface area contributed by atoms with E-state index in [0.717, 1.165) is 11.3 Å². The van der Waals surface area contributed by atoms with E-state index in [0.29, 0.717) is 6.54 Å². The lowest BCUT2D eigenvalue weighted by Crippen LogP contribution is -2.42. The molecule has 1 atom stereocenters. The summed E-state index contributed by atoms with van der Waals surface area (Å²) in [6, 6.07) is 7.68. The van der Waals surface area contributed by atoms with E-state index in [1.165, 1.54) is 0 Å². The van der Waals surface area contributed by atoms with Crippen molar-refractivity contribution in [3.8, 4) is 0 Å². The number of aliphatic carboxylic acids is 1. The van der Waals surface area contributed by atoms with Crippen molar-refractivity contribution in [3.05, 3.63) is 29.8 Å². The number of hydrogen-bond acceptors (Lipinski definition) is 3. The molecule has 116 valence electrons. The first-order chi connectivity index (χ1) is 9.81. The lowest BCUT2D eigenvalue weighted by molar-refractivity contribution is -0.142. The minimum atomic E-state index is -0.847. The molecular weight excluding hydrogens is 268 g/mol. The van der Waals surface area contributed by atoms with Crippen molar-refractivity contribution in [2.75, 3.05) is 18.4 Å². The molecule has 0 aliphatic rings. The molecule has 2 N–H and O–H groups in total. The van der Waals surface area contributed by atoms with Crippen LogP contribution in [0.1, 0.15) is 26.3 Å². The topological polar surface area (TPSA) is 69.6 Å². The number of rotatable bonds is 7. The summed E-state index contributed by atoms with van der Waals surface area (Å²) < 4.78 is 0. The molecule has 5 nitrogen and oxygen atoms in total. The summed E-state index contributed by atoms with van der Waals surface area (Å²) in [6.07, 6.45) is 0. The van der Waals surface area contributed by atoms with Crippen LogP contribution in [-0.2, 0) is 9.59 Å². The summed E-state index contributed by atoms with van der Waals surface area (Å²) in [5.74, 6) is -1.48. The van der Waals surface area contributed by atoms with Gasteiger partial charge < -0.3 is 10.4 Å². The Balaban J connectivity index is 2.65. The first-order valence-electron chi connectivity index (χ1n) is 7.13. The fraction of sp³-hybridized carbons (Fsp3) is 0.500. The fourth-order valence-electron chi connectivity index (χ4n) is 1.98. The van der Waals surface area contributed by atoms with Crippen LogP contribution in [-0.4, -0.2) is 41.0 Å². The second-order valence-corrected chi connectivity index (χ2v) is 5.63. The quantitative estimate of drug-likeness (QED) is 0.809. The van der Waals surface area contributed by atoms with Crippen molar-refractivity contribution in [2.24, 2.45) is 5.92 Å². The molecule has 0 saturated heterocycles. The number of nitrogens with zero attached hydrogens (tertiary/aromatic N) is 1. The van der Waals surface area contributed by atoms with E-state index in [-0.39, 0.29) is 18.5 Å². The summed E-state index contributed by atoms with van der Waals surface area (Å²) in [5, 5.41) is 11.9. The monoisotopic (exact) mass is 292 g/mol. The lowest BCUT2D eigenvalue weighted by Gasteiger charge is -2.27. The fourth-order valence-corrected chi connectivity index (χ4v) is 1.98. The van der Waals surface area contributed by atoms with Crippen LogP contribution in [0.4, 0.5) is 5.69 Å². The van der Waals surface area contributed by atoms with E-state index in [1.54, 1.807) is 6.92 Å². The Morgan fingerprint density at radius 3 is 2.38 bits per heavy atom. The predicted molar refractivity (Wildman–Crippen MR) is 83.3 cm³/mol. The standard InChI is InChI=1S/C16H24N2O3/c1-11(2)18(9-13(4)16(20)21)10-15(19)17-14-8-6-5-7-12(14)3/h5-8,11,13H,9-10H2,1-4H3,(H,17,19)(H,20,21). The maximum absolute atomic E-state index is 12.1. The number of aryl methyl sites for hydroxylation is 1. The molecule has 1 aromatic rings.